The molecule has 0 amide bonds. The SMILES string of the molecule is CCCNC(c1cccs1)c1c(F)cc(OC)cc1F. The van der Waals surface area contributed by atoms with Gasteiger partial charge in [0.25, 0.3) is 0 Å². The molecule has 2 rings (SSSR count). The second-order valence-corrected chi connectivity index (χ2v) is 5.39. The maximum Gasteiger partial charge on any atom is 0.134 e. The molecular weight excluding hydrogens is 280 g/mol. The third-order valence-electron chi connectivity index (χ3n) is 3.00. The normalized spacial score (nSPS) is 12.4. The van der Waals surface area contributed by atoms with Gasteiger partial charge < -0.3 is 10.1 Å². The molecular formula is C15H17F2NOS. The summed E-state index contributed by atoms with van der Waals surface area (Å²) in [5.41, 5.74) is 0.0432. The van der Waals surface area contributed by atoms with Crippen LogP contribution in [0.2, 0.25) is 0 Å². The molecule has 0 radical (unpaired) electrons. The van der Waals surface area contributed by atoms with Crippen LogP contribution in [0.5, 0.6) is 5.75 Å². The molecule has 1 aromatic carbocycles. The number of rotatable bonds is 6. The third-order valence-corrected chi connectivity index (χ3v) is 3.94. The van der Waals surface area contributed by atoms with Gasteiger partial charge in [-0.3, -0.25) is 0 Å². The quantitative estimate of drug-likeness (QED) is 0.866. The van der Waals surface area contributed by atoms with Gasteiger partial charge >= 0.3 is 0 Å². The summed E-state index contributed by atoms with van der Waals surface area (Å²) < 4.78 is 33.3. The molecule has 0 saturated heterocycles. The largest absolute Gasteiger partial charge is 0.497 e. The first-order valence-electron chi connectivity index (χ1n) is 6.47. The minimum Gasteiger partial charge on any atom is -0.497 e. The number of hydrogen-bond donors (Lipinski definition) is 1. The molecule has 0 aliphatic heterocycles. The van der Waals surface area contributed by atoms with Gasteiger partial charge in [-0.1, -0.05) is 13.0 Å². The van der Waals surface area contributed by atoms with Gasteiger partial charge in [0.05, 0.1) is 13.2 Å². The van der Waals surface area contributed by atoms with Gasteiger partial charge in [0.15, 0.2) is 0 Å². The van der Waals surface area contributed by atoms with Crippen molar-refractivity contribution in [3.8, 4) is 5.75 Å². The van der Waals surface area contributed by atoms with Gasteiger partial charge in [-0.2, -0.15) is 0 Å². The van der Waals surface area contributed by atoms with Crippen LogP contribution in [0.15, 0.2) is 29.6 Å². The number of hydrogen-bond acceptors (Lipinski definition) is 3. The highest BCUT2D eigenvalue weighted by molar-refractivity contribution is 7.10. The maximum absolute atomic E-state index is 14.2. The Balaban J connectivity index is 2.43. The van der Waals surface area contributed by atoms with Crippen molar-refractivity contribution in [2.75, 3.05) is 13.7 Å². The molecule has 0 bridgehead atoms. The molecule has 1 N–H and O–H groups in total. The van der Waals surface area contributed by atoms with E-state index >= 15 is 0 Å². The molecule has 108 valence electrons. The predicted octanol–water partition coefficient (Wildman–Crippen LogP) is 4.12. The average Bonchev–Trinajstić information content (AvgIpc) is 2.95. The lowest BCUT2D eigenvalue weighted by Crippen LogP contribution is -2.24. The zero-order valence-corrected chi connectivity index (χ0v) is 12.3. The van der Waals surface area contributed by atoms with Crippen LogP contribution in [0.25, 0.3) is 0 Å². The molecule has 2 nitrogen and oxygen atoms in total. The third kappa shape index (κ3) is 3.16. The smallest absolute Gasteiger partial charge is 0.134 e. The van der Waals surface area contributed by atoms with Gasteiger partial charge in [-0.15, -0.1) is 11.3 Å². The number of thiophene rings is 1. The Morgan fingerprint density at radius 3 is 2.50 bits per heavy atom. The van der Waals surface area contributed by atoms with Crippen LogP contribution in [-0.4, -0.2) is 13.7 Å². The summed E-state index contributed by atoms with van der Waals surface area (Å²) in [7, 11) is 1.39. The van der Waals surface area contributed by atoms with Crippen LogP contribution in [0.1, 0.15) is 29.8 Å². The van der Waals surface area contributed by atoms with E-state index in [2.05, 4.69) is 5.32 Å². The number of methoxy groups -OCH3 is 1. The molecule has 0 fully saturated rings. The number of halogens is 2. The molecule has 0 saturated carbocycles. The van der Waals surface area contributed by atoms with E-state index in [1.807, 2.05) is 24.4 Å². The molecule has 1 unspecified atom stereocenters. The first-order valence-corrected chi connectivity index (χ1v) is 7.35. The van der Waals surface area contributed by atoms with Crippen molar-refractivity contribution in [2.45, 2.75) is 19.4 Å². The van der Waals surface area contributed by atoms with Crippen molar-refractivity contribution >= 4 is 11.3 Å². The van der Waals surface area contributed by atoms with Crippen molar-refractivity contribution in [3.05, 3.63) is 51.7 Å². The average molecular weight is 297 g/mol. The first kappa shape index (κ1) is 14.9. The van der Waals surface area contributed by atoms with E-state index in [0.29, 0.717) is 6.54 Å². The van der Waals surface area contributed by atoms with Crippen LogP contribution in [-0.2, 0) is 0 Å². The molecule has 0 aliphatic carbocycles. The summed E-state index contributed by atoms with van der Waals surface area (Å²) in [5, 5.41) is 5.09. The van der Waals surface area contributed by atoms with Crippen molar-refractivity contribution < 1.29 is 13.5 Å². The summed E-state index contributed by atoms with van der Waals surface area (Å²) in [4.78, 5) is 0.890. The Morgan fingerprint density at radius 2 is 2.00 bits per heavy atom. The summed E-state index contributed by atoms with van der Waals surface area (Å²) >= 11 is 1.48. The lowest BCUT2D eigenvalue weighted by atomic mass is 10.0. The summed E-state index contributed by atoms with van der Waals surface area (Å²) in [6, 6.07) is 5.71. The lowest BCUT2D eigenvalue weighted by Gasteiger charge is -2.19. The van der Waals surface area contributed by atoms with Crippen LogP contribution < -0.4 is 10.1 Å². The van der Waals surface area contributed by atoms with E-state index in [0.717, 1.165) is 11.3 Å². The zero-order chi connectivity index (χ0) is 14.5. The zero-order valence-electron chi connectivity index (χ0n) is 11.5. The van der Waals surface area contributed by atoms with Crippen molar-refractivity contribution in [1.82, 2.24) is 5.32 Å². The number of nitrogens with one attached hydrogen (secondary N) is 1. The Hall–Kier alpha value is -1.46. The Bertz CT molecular complexity index is 534. The van der Waals surface area contributed by atoms with E-state index < -0.39 is 17.7 Å². The van der Waals surface area contributed by atoms with Crippen LogP contribution >= 0.6 is 11.3 Å². The van der Waals surface area contributed by atoms with Gasteiger partial charge in [-0.05, 0) is 24.4 Å². The minimum atomic E-state index is -0.594. The summed E-state index contributed by atoms with van der Waals surface area (Å²) in [6.07, 6.45) is 0.890. The Morgan fingerprint density at radius 1 is 1.30 bits per heavy atom. The van der Waals surface area contributed by atoms with Crippen LogP contribution in [0, 0.1) is 11.6 Å². The fourth-order valence-electron chi connectivity index (χ4n) is 2.04. The molecule has 1 aromatic heterocycles. The first-order chi connectivity index (χ1) is 9.67. The highest BCUT2D eigenvalue weighted by Gasteiger charge is 2.23. The Kier molecular flexibility index (Phi) is 5.09. The fraction of sp³-hybridized carbons (Fsp3) is 0.333. The van der Waals surface area contributed by atoms with Crippen molar-refractivity contribution in [1.29, 1.82) is 0 Å². The van der Waals surface area contributed by atoms with Gasteiger partial charge in [0.1, 0.15) is 17.4 Å². The van der Waals surface area contributed by atoms with Gasteiger partial charge in [0, 0.05) is 22.6 Å². The van der Waals surface area contributed by atoms with E-state index in [1.165, 1.54) is 30.6 Å². The molecule has 1 atom stereocenters. The molecule has 2 aromatic rings. The van der Waals surface area contributed by atoms with Crippen LogP contribution in [0.4, 0.5) is 8.78 Å². The highest BCUT2D eigenvalue weighted by atomic mass is 32.1. The van der Waals surface area contributed by atoms with Crippen molar-refractivity contribution in [3.63, 3.8) is 0 Å². The Labute approximate surface area is 121 Å². The van der Waals surface area contributed by atoms with E-state index in [4.69, 9.17) is 4.74 Å². The van der Waals surface area contributed by atoms with Crippen LogP contribution in [0.3, 0.4) is 0 Å². The standard InChI is InChI=1S/C15H17F2NOS/c1-3-6-18-15(13-5-4-7-20-13)14-11(16)8-10(19-2)9-12(14)17/h4-5,7-9,15,18H,3,6H2,1-2H3. The predicted molar refractivity (Wildman–Crippen MR) is 77.4 cm³/mol. The van der Waals surface area contributed by atoms with Gasteiger partial charge in [0.2, 0.25) is 0 Å². The summed E-state index contributed by atoms with van der Waals surface area (Å²) in [5.74, 6) is -1.00. The second-order valence-electron chi connectivity index (χ2n) is 4.41. The van der Waals surface area contributed by atoms with E-state index in [9.17, 15) is 8.78 Å². The highest BCUT2D eigenvalue weighted by Crippen LogP contribution is 2.32. The molecule has 1 heterocycles. The second kappa shape index (κ2) is 6.81. The van der Waals surface area contributed by atoms with Gasteiger partial charge in [-0.25, -0.2) is 8.78 Å². The number of benzene rings is 1. The minimum absolute atomic E-state index is 0.0432. The van der Waals surface area contributed by atoms with E-state index in [-0.39, 0.29) is 11.3 Å². The lowest BCUT2D eigenvalue weighted by molar-refractivity contribution is 0.403. The topological polar surface area (TPSA) is 21.3 Å². The fourth-order valence-corrected chi connectivity index (χ4v) is 2.85. The molecule has 5 heteroatoms. The summed E-state index contributed by atoms with van der Waals surface area (Å²) in [6.45, 7) is 2.70. The maximum atomic E-state index is 14.2. The van der Waals surface area contributed by atoms with E-state index in [1.54, 1.807) is 0 Å². The molecule has 0 spiro atoms. The monoisotopic (exact) mass is 297 g/mol. The number of ether oxygens (including phenoxy) is 1. The van der Waals surface area contributed by atoms with Crippen molar-refractivity contribution in [2.24, 2.45) is 0 Å². The molecule has 0 aliphatic rings. The molecule has 20 heavy (non-hydrogen) atoms.